The zero-order valence-corrected chi connectivity index (χ0v) is 14.1. The van der Waals surface area contributed by atoms with E-state index in [0.717, 1.165) is 0 Å². The minimum Gasteiger partial charge on any atom is -0.210 e. The van der Waals surface area contributed by atoms with Crippen molar-refractivity contribution in [3.05, 3.63) is 27.7 Å². The largest absolute Gasteiger partial charge is 0.240 e. The zero-order valence-electron chi connectivity index (χ0n) is 9.37. The van der Waals surface area contributed by atoms with Crippen molar-refractivity contribution in [3.63, 3.8) is 0 Å². The molecule has 7 heteroatoms. The molecule has 0 amide bonds. The summed E-state index contributed by atoms with van der Waals surface area (Å²) < 4.78 is 27.3. The highest BCUT2D eigenvalue weighted by Gasteiger charge is 2.30. The molecule has 2 rings (SSSR count). The molecule has 0 spiro atoms. The molecule has 18 heavy (non-hydrogen) atoms. The molecule has 0 aromatic heterocycles. The van der Waals surface area contributed by atoms with Gasteiger partial charge in [0.2, 0.25) is 10.0 Å². The van der Waals surface area contributed by atoms with Crippen LogP contribution in [0.4, 0.5) is 0 Å². The smallest absolute Gasteiger partial charge is 0.210 e. The van der Waals surface area contributed by atoms with Gasteiger partial charge in [-0.3, -0.25) is 0 Å². The van der Waals surface area contributed by atoms with Crippen LogP contribution < -0.4 is 4.72 Å². The average molecular weight is 418 g/mol. The third kappa shape index (κ3) is 3.70. The van der Waals surface area contributed by atoms with E-state index in [1.54, 1.807) is 6.07 Å². The van der Waals surface area contributed by atoms with Crippen LogP contribution in [0.5, 0.6) is 0 Å². The van der Waals surface area contributed by atoms with E-state index in [1.165, 1.54) is 25.0 Å². The topological polar surface area (TPSA) is 46.2 Å². The van der Waals surface area contributed by atoms with Gasteiger partial charge in [0, 0.05) is 15.8 Å². The van der Waals surface area contributed by atoms with Crippen LogP contribution in [-0.2, 0) is 10.0 Å². The van der Waals surface area contributed by atoms with Crippen molar-refractivity contribution in [2.24, 2.45) is 5.92 Å². The summed E-state index contributed by atoms with van der Waals surface area (Å²) in [5, 5.41) is 0.491. The van der Waals surface area contributed by atoms with Crippen molar-refractivity contribution >= 4 is 53.5 Å². The van der Waals surface area contributed by atoms with Crippen LogP contribution in [0.2, 0.25) is 5.02 Å². The van der Waals surface area contributed by atoms with Crippen molar-refractivity contribution in [2.45, 2.75) is 22.6 Å². The third-order valence-electron chi connectivity index (χ3n) is 2.80. The Kier molecular flexibility index (Phi) is 4.75. The van der Waals surface area contributed by atoms with Gasteiger partial charge in [0.05, 0.1) is 9.92 Å². The van der Waals surface area contributed by atoms with Gasteiger partial charge in [0.1, 0.15) is 0 Å². The van der Waals surface area contributed by atoms with E-state index in [-0.39, 0.29) is 9.72 Å². The summed E-state index contributed by atoms with van der Waals surface area (Å²) in [5.74, 6) is 0.602. The van der Waals surface area contributed by atoms with E-state index in [2.05, 4.69) is 36.6 Å². The van der Waals surface area contributed by atoms with Crippen LogP contribution in [0.3, 0.4) is 0 Å². The number of benzene rings is 1. The Morgan fingerprint density at radius 1 is 1.44 bits per heavy atom. The molecule has 1 aliphatic carbocycles. The Morgan fingerprint density at radius 3 is 2.67 bits per heavy atom. The quantitative estimate of drug-likeness (QED) is 0.745. The number of halogens is 3. The first-order valence-corrected chi connectivity index (χ1v) is 9.06. The highest BCUT2D eigenvalue weighted by atomic mass is 79.9. The number of hydrogen-bond acceptors (Lipinski definition) is 2. The number of rotatable bonds is 5. The fourth-order valence-electron chi connectivity index (χ4n) is 1.54. The second-order valence-electron chi connectivity index (χ2n) is 4.28. The molecule has 1 saturated carbocycles. The second kappa shape index (κ2) is 5.79. The average Bonchev–Trinajstić information content (AvgIpc) is 3.13. The molecule has 1 N–H and O–H groups in total. The Bertz CT molecular complexity index is 546. The fraction of sp³-hybridized carbons (Fsp3) is 0.455. The van der Waals surface area contributed by atoms with Crippen LogP contribution in [0, 0.1) is 5.92 Å². The van der Waals surface area contributed by atoms with Crippen LogP contribution in [0.15, 0.2) is 27.6 Å². The van der Waals surface area contributed by atoms with Crippen molar-refractivity contribution in [2.75, 3.05) is 6.54 Å². The second-order valence-corrected chi connectivity index (χ2v) is 8.49. The molecule has 1 aromatic rings. The maximum absolute atomic E-state index is 12.0. The summed E-state index contributed by atoms with van der Waals surface area (Å²) in [6, 6.07) is 4.56. The van der Waals surface area contributed by atoms with E-state index in [0.29, 0.717) is 22.0 Å². The van der Waals surface area contributed by atoms with Gasteiger partial charge in [-0.05, 0) is 52.9 Å². The Labute approximate surface area is 129 Å². The third-order valence-corrected chi connectivity index (χ3v) is 6.51. The first-order valence-electron chi connectivity index (χ1n) is 5.49. The summed E-state index contributed by atoms with van der Waals surface area (Å²) >= 11 is 12.6. The number of alkyl halides is 1. The lowest BCUT2D eigenvalue weighted by Gasteiger charge is -2.11. The van der Waals surface area contributed by atoms with Gasteiger partial charge in [0.15, 0.2) is 0 Å². The van der Waals surface area contributed by atoms with Crippen LogP contribution in [0.1, 0.15) is 12.8 Å². The minimum absolute atomic E-state index is 0.211. The van der Waals surface area contributed by atoms with Gasteiger partial charge < -0.3 is 0 Å². The minimum atomic E-state index is -3.47. The summed E-state index contributed by atoms with van der Waals surface area (Å²) in [7, 11) is -3.47. The molecule has 100 valence electrons. The Morgan fingerprint density at radius 2 is 2.11 bits per heavy atom. The molecular weight excluding hydrogens is 405 g/mol. The Balaban J connectivity index is 2.07. The molecule has 0 saturated heterocycles. The van der Waals surface area contributed by atoms with Crippen molar-refractivity contribution < 1.29 is 8.42 Å². The highest BCUT2D eigenvalue weighted by molar-refractivity contribution is 9.10. The van der Waals surface area contributed by atoms with E-state index in [1.807, 2.05) is 0 Å². The summed E-state index contributed by atoms with van der Waals surface area (Å²) in [5.41, 5.74) is 0. The molecule has 0 aliphatic heterocycles. The van der Waals surface area contributed by atoms with Gasteiger partial charge in [-0.25, -0.2) is 13.1 Å². The summed E-state index contributed by atoms with van der Waals surface area (Å²) in [6.45, 7) is 0.410. The van der Waals surface area contributed by atoms with E-state index >= 15 is 0 Å². The molecular formula is C11H12Br2ClNO2S. The maximum Gasteiger partial charge on any atom is 0.240 e. The molecule has 0 heterocycles. The SMILES string of the molecule is O=S(=O)(NCC(Br)C1CC1)c1ccc(Cl)c(Br)c1. The first-order chi connectivity index (χ1) is 8.40. The lowest BCUT2D eigenvalue weighted by Crippen LogP contribution is -2.30. The molecule has 1 unspecified atom stereocenters. The van der Waals surface area contributed by atoms with E-state index in [4.69, 9.17) is 11.6 Å². The standard InChI is InChI=1S/C11H12Br2ClNO2S/c12-9-5-8(3-4-11(9)14)18(16,17)15-6-10(13)7-1-2-7/h3-5,7,10,15H,1-2,6H2. The lowest BCUT2D eigenvalue weighted by molar-refractivity contribution is 0.577. The van der Waals surface area contributed by atoms with Gasteiger partial charge in [-0.2, -0.15) is 0 Å². The van der Waals surface area contributed by atoms with E-state index in [9.17, 15) is 8.42 Å². The molecule has 1 fully saturated rings. The number of sulfonamides is 1. The van der Waals surface area contributed by atoms with Gasteiger partial charge in [-0.1, -0.05) is 27.5 Å². The first kappa shape index (κ1) is 14.8. The lowest BCUT2D eigenvalue weighted by atomic mass is 10.3. The fourth-order valence-corrected chi connectivity index (χ4v) is 4.18. The predicted octanol–water partition coefficient (Wildman–Crippen LogP) is 3.55. The zero-order chi connectivity index (χ0) is 13.3. The molecule has 1 atom stereocenters. The summed E-state index contributed by atoms with van der Waals surface area (Å²) in [6.07, 6.45) is 2.34. The number of nitrogens with one attached hydrogen (secondary N) is 1. The van der Waals surface area contributed by atoms with Crippen molar-refractivity contribution in [3.8, 4) is 0 Å². The monoisotopic (exact) mass is 415 g/mol. The maximum atomic E-state index is 12.0. The molecule has 0 radical (unpaired) electrons. The molecule has 3 nitrogen and oxygen atoms in total. The molecule has 0 bridgehead atoms. The van der Waals surface area contributed by atoms with Crippen LogP contribution in [-0.4, -0.2) is 19.8 Å². The van der Waals surface area contributed by atoms with Crippen LogP contribution >= 0.6 is 43.5 Å². The van der Waals surface area contributed by atoms with Gasteiger partial charge in [-0.15, -0.1) is 0 Å². The summed E-state index contributed by atoms with van der Waals surface area (Å²) in [4.78, 5) is 0.428. The van der Waals surface area contributed by atoms with Crippen molar-refractivity contribution in [1.82, 2.24) is 4.72 Å². The Hall–Kier alpha value is 0.380. The number of hydrogen-bond donors (Lipinski definition) is 1. The van der Waals surface area contributed by atoms with Gasteiger partial charge in [0.25, 0.3) is 0 Å². The molecule has 1 aliphatic rings. The predicted molar refractivity (Wildman–Crippen MR) is 79.8 cm³/mol. The van der Waals surface area contributed by atoms with Crippen molar-refractivity contribution in [1.29, 1.82) is 0 Å². The highest BCUT2D eigenvalue weighted by Crippen LogP contribution is 2.36. The van der Waals surface area contributed by atoms with E-state index < -0.39 is 10.0 Å². The van der Waals surface area contributed by atoms with Gasteiger partial charge >= 0.3 is 0 Å². The normalized spacial score (nSPS) is 17.7. The van der Waals surface area contributed by atoms with Crippen LogP contribution in [0.25, 0.3) is 0 Å². The molecule has 1 aromatic carbocycles.